The molecule has 1 N–H and O–H groups in total. The van der Waals surface area contributed by atoms with Gasteiger partial charge in [-0.2, -0.15) is 0 Å². The summed E-state index contributed by atoms with van der Waals surface area (Å²) in [5.41, 5.74) is 4.12. The van der Waals surface area contributed by atoms with E-state index in [1.165, 1.54) is 17.0 Å². The third kappa shape index (κ3) is 2.85. The molecule has 0 saturated carbocycles. The van der Waals surface area contributed by atoms with Crippen molar-refractivity contribution in [3.05, 3.63) is 23.0 Å². The molecule has 86 valence electrons. The van der Waals surface area contributed by atoms with E-state index in [9.17, 15) is 0 Å². The summed E-state index contributed by atoms with van der Waals surface area (Å²) >= 11 is 0. The lowest BCUT2D eigenvalue weighted by atomic mass is 10.1. The Kier molecular flexibility index (Phi) is 3.97. The molecule has 1 heterocycles. The van der Waals surface area contributed by atoms with Crippen molar-refractivity contribution in [3.8, 4) is 0 Å². The van der Waals surface area contributed by atoms with E-state index >= 15 is 0 Å². The molecule has 1 atom stereocenters. The SMILES string of the molecule is Cc1cc(CNC(C)C(C)C)c(C)n1C. The topological polar surface area (TPSA) is 17.0 Å². The molecular weight excluding hydrogens is 184 g/mol. The quantitative estimate of drug-likeness (QED) is 0.805. The van der Waals surface area contributed by atoms with Gasteiger partial charge >= 0.3 is 0 Å². The second-order valence-electron chi connectivity index (χ2n) is 4.87. The molecule has 0 spiro atoms. The van der Waals surface area contributed by atoms with Crippen LogP contribution in [-0.2, 0) is 13.6 Å². The second-order valence-corrected chi connectivity index (χ2v) is 4.87. The van der Waals surface area contributed by atoms with Crippen molar-refractivity contribution in [1.82, 2.24) is 9.88 Å². The Labute approximate surface area is 93.7 Å². The van der Waals surface area contributed by atoms with Crippen LogP contribution in [0.15, 0.2) is 6.07 Å². The minimum absolute atomic E-state index is 0.574. The minimum atomic E-state index is 0.574. The van der Waals surface area contributed by atoms with Crippen LogP contribution in [-0.4, -0.2) is 10.6 Å². The largest absolute Gasteiger partial charge is 0.352 e. The van der Waals surface area contributed by atoms with E-state index in [2.05, 4.69) is 57.6 Å². The summed E-state index contributed by atoms with van der Waals surface area (Å²) in [7, 11) is 2.13. The molecule has 0 bridgehead atoms. The Morgan fingerprint density at radius 3 is 2.27 bits per heavy atom. The highest BCUT2D eigenvalue weighted by Crippen LogP contribution is 2.13. The summed E-state index contributed by atoms with van der Waals surface area (Å²) in [6, 6.07) is 2.85. The van der Waals surface area contributed by atoms with Gasteiger partial charge in [-0.3, -0.25) is 0 Å². The van der Waals surface area contributed by atoms with E-state index in [0.29, 0.717) is 12.0 Å². The first kappa shape index (κ1) is 12.3. The third-order valence-electron chi connectivity index (χ3n) is 3.49. The number of rotatable bonds is 4. The molecule has 2 heteroatoms. The lowest BCUT2D eigenvalue weighted by Gasteiger charge is -2.17. The summed E-state index contributed by atoms with van der Waals surface area (Å²) in [4.78, 5) is 0. The van der Waals surface area contributed by atoms with E-state index in [4.69, 9.17) is 0 Å². The zero-order chi connectivity index (χ0) is 11.6. The van der Waals surface area contributed by atoms with Gasteiger partial charge in [-0.1, -0.05) is 13.8 Å². The Balaban J connectivity index is 2.62. The Morgan fingerprint density at radius 2 is 1.87 bits per heavy atom. The number of aromatic nitrogens is 1. The molecule has 1 rings (SSSR count). The van der Waals surface area contributed by atoms with Gasteiger partial charge in [-0.05, 0) is 38.3 Å². The predicted octanol–water partition coefficient (Wildman–Crippen LogP) is 2.78. The van der Waals surface area contributed by atoms with Crippen molar-refractivity contribution >= 4 is 0 Å². The van der Waals surface area contributed by atoms with E-state index in [-0.39, 0.29) is 0 Å². The fraction of sp³-hybridized carbons (Fsp3) is 0.692. The molecule has 0 aliphatic heterocycles. The Morgan fingerprint density at radius 1 is 1.27 bits per heavy atom. The molecule has 0 aliphatic carbocycles. The summed E-state index contributed by atoms with van der Waals surface area (Å²) in [6.07, 6.45) is 0. The van der Waals surface area contributed by atoms with Crippen LogP contribution in [0.5, 0.6) is 0 Å². The third-order valence-corrected chi connectivity index (χ3v) is 3.49. The van der Waals surface area contributed by atoms with Gasteiger partial charge in [0.2, 0.25) is 0 Å². The van der Waals surface area contributed by atoms with Crippen LogP contribution in [0.25, 0.3) is 0 Å². The Hall–Kier alpha value is -0.760. The van der Waals surface area contributed by atoms with Crippen molar-refractivity contribution in [2.24, 2.45) is 13.0 Å². The zero-order valence-electron chi connectivity index (χ0n) is 10.9. The van der Waals surface area contributed by atoms with Crippen molar-refractivity contribution in [1.29, 1.82) is 0 Å². The zero-order valence-corrected chi connectivity index (χ0v) is 10.9. The summed E-state index contributed by atoms with van der Waals surface area (Å²) in [5, 5.41) is 3.57. The molecule has 0 fully saturated rings. The van der Waals surface area contributed by atoms with Gasteiger partial charge in [-0.15, -0.1) is 0 Å². The highest BCUT2D eigenvalue weighted by Gasteiger charge is 2.09. The molecule has 1 unspecified atom stereocenters. The summed E-state index contributed by atoms with van der Waals surface area (Å²) < 4.78 is 2.25. The van der Waals surface area contributed by atoms with Crippen LogP contribution < -0.4 is 5.32 Å². The standard InChI is InChI=1S/C13H24N2/c1-9(2)11(4)14-8-13-7-10(3)15(6)12(13)5/h7,9,11,14H,8H2,1-6H3. The fourth-order valence-corrected chi connectivity index (χ4v) is 1.62. The van der Waals surface area contributed by atoms with Gasteiger partial charge < -0.3 is 9.88 Å². The number of nitrogens with one attached hydrogen (secondary N) is 1. The van der Waals surface area contributed by atoms with Crippen LogP contribution in [0.4, 0.5) is 0 Å². The molecule has 2 nitrogen and oxygen atoms in total. The number of hydrogen-bond acceptors (Lipinski definition) is 1. The van der Waals surface area contributed by atoms with Crippen LogP contribution in [0, 0.1) is 19.8 Å². The maximum atomic E-state index is 3.57. The molecule has 1 aromatic heterocycles. The van der Waals surface area contributed by atoms with Gasteiger partial charge in [0.05, 0.1) is 0 Å². The molecule has 0 radical (unpaired) electrons. The van der Waals surface area contributed by atoms with E-state index in [1.54, 1.807) is 0 Å². The molecule has 15 heavy (non-hydrogen) atoms. The van der Waals surface area contributed by atoms with Crippen molar-refractivity contribution in [3.63, 3.8) is 0 Å². The van der Waals surface area contributed by atoms with Gasteiger partial charge in [0.1, 0.15) is 0 Å². The molecular formula is C13H24N2. The number of hydrogen-bond donors (Lipinski definition) is 1. The smallest absolute Gasteiger partial charge is 0.0225 e. The second kappa shape index (κ2) is 4.84. The van der Waals surface area contributed by atoms with Crippen molar-refractivity contribution < 1.29 is 0 Å². The first-order valence-corrected chi connectivity index (χ1v) is 5.78. The fourth-order valence-electron chi connectivity index (χ4n) is 1.62. The monoisotopic (exact) mass is 208 g/mol. The van der Waals surface area contributed by atoms with E-state index in [1.807, 2.05) is 0 Å². The normalized spacial score (nSPS) is 13.5. The van der Waals surface area contributed by atoms with E-state index < -0.39 is 0 Å². The van der Waals surface area contributed by atoms with Gasteiger partial charge in [0.15, 0.2) is 0 Å². The van der Waals surface area contributed by atoms with E-state index in [0.717, 1.165) is 6.54 Å². The molecule has 0 saturated heterocycles. The Bertz CT molecular complexity index is 324. The summed E-state index contributed by atoms with van der Waals surface area (Å²) in [6.45, 7) is 12.1. The minimum Gasteiger partial charge on any atom is -0.352 e. The lowest BCUT2D eigenvalue weighted by molar-refractivity contribution is 0.425. The molecule has 0 aromatic carbocycles. The van der Waals surface area contributed by atoms with Crippen LogP contribution >= 0.6 is 0 Å². The van der Waals surface area contributed by atoms with Crippen LogP contribution in [0.2, 0.25) is 0 Å². The number of aryl methyl sites for hydroxylation is 1. The van der Waals surface area contributed by atoms with Gasteiger partial charge in [-0.25, -0.2) is 0 Å². The van der Waals surface area contributed by atoms with Crippen LogP contribution in [0.1, 0.15) is 37.7 Å². The first-order chi connectivity index (χ1) is 6.93. The maximum absolute atomic E-state index is 3.57. The molecule has 0 amide bonds. The highest BCUT2D eigenvalue weighted by atomic mass is 15.0. The first-order valence-electron chi connectivity index (χ1n) is 5.78. The average Bonchev–Trinajstić information content (AvgIpc) is 2.42. The van der Waals surface area contributed by atoms with Gasteiger partial charge in [0, 0.05) is 31.0 Å². The van der Waals surface area contributed by atoms with Gasteiger partial charge in [0.25, 0.3) is 0 Å². The molecule has 1 aromatic rings. The maximum Gasteiger partial charge on any atom is 0.0225 e. The average molecular weight is 208 g/mol. The van der Waals surface area contributed by atoms with Crippen molar-refractivity contribution in [2.75, 3.05) is 0 Å². The molecule has 0 aliphatic rings. The summed E-state index contributed by atoms with van der Waals surface area (Å²) in [5.74, 6) is 0.690. The highest BCUT2D eigenvalue weighted by molar-refractivity contribution is 5.26. The van der Waals surface area contributed by atoms with Crippen LogP contribution in [0.3, 0.4) is 0 Å². The van der Waals surface area contributed by atoms with Crippen molar-refractivity contribution in [2.45, 2.75) is 47.2 Å². The number of nitrogens with zero attached hydrogens (tertiary/aromatic N) is 1. The lowest BCUT2D eigenvalue weighted by Crippen LogP contribution is -2.30. The predicted molar refractivity (Wildman–Crippen MR) is 66.0 cm³/mol.